The molecule has 0 heterocycles. The number of hydrogen-bond acceptors (Lipinski definition) is 6. The van der Waals surface area contributed by atoms with Gasteiger partial charge >= 0.3 is 11.9 Å². The zero-order chi connectivity index (χ0) is 28.0. The van der Waals surface area contributed by atoms with Crippen molar-refractivity contribution in [3.8, 4) is 11.5 Å². The van der Waals surface area contributed by atoms with Crippen LogP contribution in [0.4, 0.5) is 0 Å². The Labute approximate surface area is 229 Å². The summed E-state index contributed by atoms with van der Waals surface area (Å²) in [5, 5.41) is 9.20. The number of rotatable bonds is 16. The standard InChI is InChI=1S/C32H36O7/c1-3-38-32(36)27-13-9-12-25(22-27)31(35)26-15-17-29(24(21-26)16-18-30(33)34)39-19-7-5-4-6-10-23-11-8-14-28(20-23)37-2/h8-9,11-15,17,20-22H,3-7,10,16,18-19H2,1-2H3,(H,33,34). The van der Waals surface area contributed by atoms with Crippen LogP contribution in [0.1, 0.15) is 76.4 Å². The summed E-state index contributed by atoms with van der Waals surface area (Å²) in [6.45, 7) is 2.47. The second-order valence-electron chi connectivity index (χ2n) is 9.21. The molecule has 3 aromatic rings. The fraction of sp³-hybridized carbons (Fsp3) is 0.344. The molecular formula is C32H36O7. The molecule has 0 saturated carbocycles. The summed E-state index contributed by atoms with van der Waals surface area (Å²) in [5.41, 5.74) is 2.99. The number of unbranched alkanes of at least 4 members (excludes halogenated alkanes) is 3. The largest absolute Gasteiger partial charge is 0.497 e. The SMILES string of the molecule is CCOC(=O)c1cccc(C(=O)c2ccc(OCCCCCCc3cccc(OC)c3)c(CCC(=O)O)c2)c1. The molecule has 0 bridgehead atoms. The summed E-state index contributed by atoms with van der Waals surface area (Å²) < 4.78 is 16.3. The average Bonchev–Trinajstić information content (AvgIpc) is 2.95. The maximum Gasteiger partial charge on any atom is 0.338 e. The number of esters is 1. The quantitative estimate of drug-likeness (QED) is 0.131. The summed E-state index contributed by atoms with van der Waals surface area (Å²) in [6.07, 6.45) is 5.21. The molecule has 1 N–H and O–H groups in total. The van der Waals surface area contributed by atoms with E-state index in [9.17, 15) is 19.5 Å². The number of benzene rings is 3. The molecule has 3 aromatic carbocycles. The van der Waals surface area contributed by atoms with Crippen molar-refractivity contribution in [2.45, 2.75) is 51.9 Å². The third-order valence-corrected chi connectivity index (χ3v) is 6.32. The summed E-state index contributed by atoms with van der Waals surface area (Å²) in [7, 11) is 1.67. The molecular weight excluding hydrogens is 496 g/mol. The van der Waals surface area contributed by atoms with E-state index in [1.165, 1.54) is 11.6 Å². The Hall–Kier alpha value is -4.13. The fourth-order valence-corrected chi connectivity index (χ4v) is 4.26. The highest BCUT2D eigenvalue weighted by molar-refractivity contribution is 6.10. The number of carboxylic acid groups (broad SMARTS) is 1. The van der Waals surface area contributed by atoms with Crippen molar-refractivity contribution >= 4 is 17.7 Å². The van der Waals surface area contributed by atoms with Crippen molar-refractivity contribution in [3.05, 3.63) is 94.5 Å². The number of carboxylic acids is 1. The van der Waals surface area contributed by atoms with Gasteiger partial charge in [0, 0.05) is 17.5 Å². The van der Waals surface area contributed by atoms with Crippen molar-refractivity contribution in [1.82, 2.24) is 0 Å². The van der Waals surface area contributed by atoms with Gasteiger partial charge in [-0.2, -0.15) is 0 Å². The Balaban J connectivity index is 1.57. The highest BCUT2D eigenvalue weighted by Gasteiger charge is 2.16. The predicted octanol–water partition coefficient (Wildman–Crippen LogP) is 6.30. The Morgan fingerprint density at radius 2 is 1.54 bits per heavy atom. The van der Waals surface area contributed by atoms with E-state index in [0.29, 0.717) is 34.6 Å². The molecule has 0 saturated heterocycles. The molecule has 39 heavy (non-hydrogen) atoms. The molecule has 7 nitrogen and oxygen atoms in total. The second-order valence-corrected chi connectivity index (χ2v) is 9.21. The van der Waals surface area contributed by atoms with Gasteiger partial charge in [0.25, 0.3) is 0 Å². The molecule has 0 unspecified atom stereocenters. The topological polar surface area (TPSA) is 99.1 Å². The lowest BCUT2D eigenvalue weighted by Gasteiger charge is -2.13. The van der Waals surface area contributed by atoms with Gasteiger partial charge in [-0.1, -0.05) is 37.1 Å². The molecule has 0 aliphatic heterocycles. The van der Waals surface area contributed by atoms with Crippen LogP contribution in [0.25, 0.3) is 0 Å². The third kappa shape index (κ3) is 9.28. The van der Waals surface area contributed by atoms with E-state index < -0.39 is 11.9 Å². The van der Waals surface area contributed by atoms with Gasteiger partial charge in [-0.15, -0.1) is 0 Å². The first-order valence-corrected chi connectivity index (χ1v) is 13.3. The molecule has 206 valence electrons. The number of ketones is 1. The Morgan fingerprint density at radius 3 is 2.31 bits per heavy atom. The van der Waals surface area contributed by atoms with Crippen LogP contribution < -0.4 is 9.47 Å². The molecule has 0 amide bonds. The highest BCUT2D eigenvalue weighted by Crippen LogP contribution is 2.25. The van der Waals surface area contributed by atoms with E-state index in [-0.39, 0.29) is 25.2 Å². The van der Waals surface area contributed by atoms with E-state index in [4.69, 9.17) is 14.2 Å². The third-order valence-electron chi connectivity index (χ3n) is 6.32. The van der Waals surface area contributed by atoms with Crippen LogP contribution >= 0.6 is 0 Å². The Kier molecular flexibility index (Phi) is 11.6. The molecule has 0 radical (unpaired) electrons. The van der Waals surface area contributed by atoms with Crippen LogP contribution in [0.5, 0.6) is 11.5 Å². The molecule has 0 aromatic heterocycles. The minimum absolute atomic E-state index is 0.0728. The highest BCUT2D eigenvalue weighted by atomic mass is 16.5. The van der Waals surface area contributed by atoms with Crippen LogP contribution in [0.15, 0.2) is 66.7 Å². The first kappa shape index (κ1) is 29.4. The van der Waals surface area contributed by atoms with Crippen LogP contribution in [-0.4, -0.2) is 43.2 Å². The molecule has 0 atom stereocenters. The van der Waals surface area contributed by atoms with Crippen molar-refractivity contribution < 1.29 is 33.7 Å². The minimum atomic E-state index is -0.921. The van der Waals surface area contributed by atoms with Gasteiger partial charge in [0.1, 0.15) is 11.5 Å². The van der Waals surface area contributed by atoms with Gasteiger partial charge in [-0.05, 0) is 86.2 Å². The lowest BCUT2D eigenvalue weighted by atomic mass is 9.98. The number of carbonyl (C=O) groups excluding carboxylic acids is 2. The van der Waals surface area contributed by atoms with E-state index in [0.717, 1.165) is 37.9 Å². The summed E-state index contributed by atoms with van der Waals surface area (Å²) in [4.78, 5) is 36.4. The average molecular weight is 533 g/mol. The van der Waals surface area contributed by atoms with Crippen LogP contribution in [-0.2, 0) is 22.4 Å². The molecule has 0 aliphatic carbocycles. The second kappa shape index (κ2) is 15.3. The van der Waals surface area contributed by atoms with Crippen LogP contribution in [0, 0.1) is 0 Å². The molecule has 0 spiro atoms. The van der Waals surface area contributed by atoms with Gasteiger partial charge in [-0.3, -0.25) is 9.59 Å². The number of ether oxygens (including phenoxy) is 3. The maximum atomic E-state index is 13.2. The molecule has 0 fully saturated rings. The number of methoxy groups -OCH3 is 1. The zero-order valence-electron chi connectivity index (χ0n) is 22.6. The van der Waals surface area contributed by atoms with E-state index in [1.54, 1.807) is 50.4 Å². The van der Waals surface area contributed by atoms with Crippen LogP contribution in [0.3, 0.4) is 0 Å². The van der Waals surface area contributed by atoms with Crippen molar-refractivity contribution in [2.75, 3.05) is 20.3 Å². The van der Waals surface area contributed by atoms with Crippen molar-refractivity contribution in [2.24, 2.45) is 0 Å². The Morgan fingerprint density at radius 1 is 0.795 bits per heavy atom. The smallest absolute Gasteiger partial charge is 0.338 e. The van der Waals surface area contributed by atoms with E-state index >= 15 is 0 Å². The van der Waals surface area contributed by atoms with E-state index in [2.05, 4.69) is 12.1 Å². The fourth-order valence-electron chi connectivity index (χ4n) is 4.26. The number of carbonyl (C=O) groups is 3. The molecule has 0 aliphatic rings. The minimum Gasteiger partial charge on any atom is -0.497 e. The Bertz CT molecular complexity index is 1260. The number of hydrogen-bond donors (Lipinski definition) is 1. The van der Waals surface area contributed by atoms with Gasteiger partial charge in [0.2, 0.25) is 0 Å². The summed E-state index contributed by atoms with van der Waals surface area (Å²) in [6, 6.07) is 19.6. The summed E-state index contributed by atoms with van der Waals surface area (Å²) >= 11 is 0. The predicted molar refractivity (Wildman–Crippen MR) is 149 cm³/mol. The summed E-state index contributed by atoms with van der Waals surface area (Å²) in [5.74, 6) is -0.212. The molecule has 7 heteroatoms. The van der Waals surface area contributed by atoms with Gasteiger partial charge in [0.15, 0.2) is 5.78 Å². The van der Waals surface area contributed by atoms with Crippen molar-refractivity contribution in [3.63, 3.8) is 0 Å². The van der Waals surface area contributed by atoms with Crippen LogP contribution in [0.2, 0.25) is 0 Å². The van der Waals surface area contributed by atoms with E-state index in [1.807, 2.05) is 12.1 Å². The maximum absolute atomic E-state index is 13.2. The van der Waals surface area contributed by atoms with Gasteiger partial charge < -0.3 is 19.3 Å². The van der Waals surface area contributed by atoms with Gasteiger partial charge in [-0.25, -0.2) is 4.79 Å². The first-order chi connectivity index (χ1) is 18.9. The number of aliphatic carboxylic acids is 1. The lowest BCUT2D eigenvalue weighted by Crippen LogP contribution is -2.09. The molecule has 3 rings (SSSR count). The zero-order valence-corrected chi connectivity index (χ0v) is 22.6. The first-order valence-electron chi connectivity index (χ1n) is 13.3. The number of aryl methyl sites for hydroxylation is 2. The van der Waals surface area contributed by atoms with Crippen molar-refractivity contribution in [1.29, 1.82) is 0 Å². The van der Waals surface area contributed by atoms with Gasteiger partial charge in [0.05, 0.1) is 25.9 Å². The monoisotopic (exact) mass is 532 g/mol. The lowest BCUT2D eigenvalue weighted by molar-refractivity contribution is -0.136. The normalized spacial score (nSPS) is 10.6.